The van der Waals surface area contributed by atoms with Gasteiger partial charge in [0.15, 0.2) is 0 Å². The van der Waals surface area contributed by atoms with E-state index >= 15 is 0 Å². The van der Waals surface area contributed by atoms with Crippen LogP contribution in [0.2, 0.25) is 0 Å². The Kier molecular flexibility index (Phi) is 3.75. The molecule has 0 saturated carbocycles. The lowest BCUT2D eigenvalue weighted by atomic mass is 10.4. The molecule has 0 aliphatic carbocycles. The first-order valence-corrected chi connectivity index (χ1v) is 4.40. The second-order valence-electron chi connectivity index (χ2n) is 2.87. The summed E-state index contributed by atoms with van der Waals surface area (Å²) in [7, 11) is 2.80. The molecule has 0 aliphatic rings. The van der Waals surface area contributed by atoms with Gasteiger partial charge in [-0.3, -0.25) is 4.79 Å². The summed E-state index contributed by atoms with van der Waals surface area (Å²) < 4.78 is 5.66. The van der Waals surface area contributed by atoms with Crippen LogP contribution in [0.15, 0.2) is 0 Å². The SMILES string of the molecule is COC(=O)CCNc1nc([N+](=O)[O-])nn1C. The van der Waals surface area contributed by atoms with Gasteiger partial charge >= 0.3 is 17.9 Å². The van der Waals surface area contributed by atoms with Gasteiger partial charge in [0.05, 0.1) is 13.5 Å². The van der Waals surface area contributed by atoms with Crippen molar-refractivity contribution >= 4 is 17.9 Å². The molecule has 9 heteroatoms. The van der Waals surface area contributed by atoms with Gasteiger partial charge in [0.1, 0.15) is 0 Å². The van der Waals surface area contributed by atoms with Gasteiger partial charge in [-0.15, -0.1) is 0 Å². The Balaban J connectivity index is 2.54. The van der Waals surface area contributed by atoms with Crippen LogP contribution in [0.4, 0.5) is 11.9 Å². The van der Waals surface area contributed by atoms with Crippen LogP contribution < -0.4 is 5.32 Å². The highest BCUT2D eigenvalue weighted by Crippen LogP contribution is 2.08. The first-order valence-electron chi connectivity index (χ1n) is 4.40. The first kappa shape index (κ1) is 11.9. The highest BCUT2D eigenvalue weighted by Gasteiger charge is 2.18. The lowest BCUT2D eigenvalue weighted by molar-refractivity contribution is -0.394. The summed E-state index contributed by atoms with van der Waals surface area (Å²) in [6.07, 6.45) is 0.150. The van der Waals surface area contributed by atoms with Crippen LogP contribution in [0.3, 0.4) is 0 Å². The van der Waals surface area contributed by atoms with E-state index in [-0.39, 0.29) is 24.9 Å². The topological polar surface area (TPSA) is 112 Å². The van der Waals surface area contributed by atoms with Crippen LogP contribution in [0.5, 0.6) is 0 Å². The van der Waals surface area contributed by atoms with E-state index in [0.29, 0.717) is 0 Å². The third-order valence-electron chi connectivity index (χ3n) is 1.76. The molecule has 88 valence electrons. The molecule has 0 aliphatic heterocycles. The molecule has 0 atom stereocenters. The van der Waals surface area contributed by atoms with Crippen molar-refractivity contribution in [3.05, 3.63) is 10.1 Å². The molecule has 0 unspecified atom stereocenters. The molecule has 16 heavy (non-hydrogen) atoms. The number of rotatable bonds is 5. The Morgan fingerprint density at radius 2 is 2.38 bits per heavy atom. The third kappa shape index (κ3) is 2.90. The normalized spacial score (nSPS) is 9.88. The van der Waals surface area contributed by atoms with Gasteiger partial charge in [0.25, 0.3) is 0 Å². The maximum absolute atomic E-state index is 10.8. The Morgan fingerprint density at radius 1 is 1.69 bits per heavy atom. The van der Waals surface area contributed by atoms with Crippen molar-refractivity contribution < 1.29 is 14.5 Å². The average Bonchev–Trinajstić information content (AvgIpc) is 2.60. The molecule has 0 aromatic carbocycles. The van der Waals surface area contributed by atoms with Crippen LogP contribution in [-0.4, -0.2) is 39.3 Å². The number of carbonyl (C=O) groups excluding carboxylic acids is 1. The summed E-state index contributed by atoms with van der Waals surface area (Å²) in [4.78, 5) is 24.1. The van der Waals surface area contributed by atoms with Gasteiger partial charge in [-0.05, 0) is 9.91 Å². The van der Waals surface area contributed by atoms with E-state index in [1.165, 1.54) is 18.8 Å². The second-order valence-corrected chi connectivity index (χ2v) is 2.87. The number of esters is 1. The molecule has 0 saturated heterocycles. The van der Waals surface area contributed by atoms with Crippen molar-refractivity contribution in [2.45, 2.75) is 6.42 Å². The van der Waals surface area contributed by atoms with E-state index in [2.05, 4.69) is 20.1 Å². The number of ether oxygens (including phenoxy) is 1. The number of nitrogens with one attached hydrogen (secondary N) is 1. The lowest BCUT2D eigenvalue weighted by Gasteiger charge is -1.99. The maximum Gasteiger partial charge on any atom is 0.493 e. The average molecular weight is 229 g/mol. The fourth-order valence-electron chi connectivity index (χ4n) is 0.981. The summed E-state index contributed by atoms with van der Waals surface area (Å²) in [6.45, 7) is 0.274. The predicted octanol–water partition coefficient (Wildman–Crippen LogP) is -0.302. The number of carbonyl (C=O) groups is 1. The first-order chi connectivity index (χ1) is 7.54. The minimum atomic E-state index is -0.689. The Labute approximate surface area is 90.6 Å². The van der Waals surface area contributed by atoms with Crippen LogP contribution >= 0.6 is 0 Å². The minimum Gasteiger partial charge on any atom is -0.469 e. The van der Waals surface area contributed by atoms with Crippen molar-refractivity contribution in [1.29, 1.82) is 0 Å². The molecular formula is C7H11N5O4. The van der Waals surface area contributed by atoms with Gasteiger partial charge in [0.2, 0.25) is 0 Å². The highest BCUT2D eigenvalue weighted by molar-refractivity contribution is 5.69. The van der Waals surface area contributed by atoms with Crippen molar-refractivity contribution in [2.75, 3.05) is 19.0 Å². The van der Waals surface area contributed by atoms with E-state index in [4.69, 9.17) is 0 Å². The molecular weight excluding hydrogens is 218 g/mol. The zero-order chi connectivity index (χ0) is 12.1. The molecule has 1 aromatic heterocycles. The standard InChI is InChI=1S/C7H11N5O4/c1-11-6(8-4-3-5(13)16-2)9-7(10-11)12(14)15/h3-4H2,1-2H3,(H,8,9,10). The molecule has 0 spiro atoms. The molecule has 0 fully saturated rings. The quantitative estimate of drug-likeness (QED) is 0.419. The summed E-state index contributed by atoms with van der Waals surface area (Å²) in [5.41, 5.74) is 0. The molecule has 0 amide bonds. The number of methoxy groups -OCH3 is 1. The number of aryl methyl sites for hydroxylation is 1. The number of nitrogens with zero attached hydrogens (tertiary/aromatic N) is 4. The zero-order valence-corrected chi connectivity index (χ0v) is 8.84. The van der Waals surface area contributed by atoms with Gasteiger partial charge in [-0.25, -0.2) is 0 Å². The van der Waals surface area contributed by atoms with E-state index in [1.807, 2.05) is 0 Å². The van der Waals surface area contributed by atoms with Crippen LogP contribution in [0.1, 0.15) is 6.42 Å². The van der Waals surface area contributed by atoms with E-state index in [9.17, 15) is 14.9 Å². The Bertz CT molecular complexity index is 401. The highest BCUT2D eigenvalue weighted by atomic mass is 16.6. The van der Waals surface area contributed by atoms with Crippen molar-refractivity contribution in [1.82, 2.24) is 14.8 Å². The number of anilines is 1. The van der Waals surface area contributed by atoms with Crippen molar-refractivity contribution in [2.24, 2.45) is 7.05 Å². The Morgan fingerprint density at radius 3 is 2.88 bits per heavy atom. The number of hydrogen-bond acceptors (Lipinski definition) is 7. The molecule has 9 nitrogen and oxygen atoms in total. The van der Waals surface area contributed by atoms with Crippen LogP contribution in [-0.2, 0) is 16.6 Å². The summed E-state index contributed by atoms with van der Waals surface area (Å²) in [5, 5.41) is 16.7. The van der Waals surface area contributed by atoms with Gasteiger partial charge < -0.3 is 20.2 Å². The largest absolute Gasteiger partial charge is 0.493 e. The van der Waals surface area contributed by atoms with E-state index in [1.54, 1.807) is 0 Å². The van der Waals surface area contributed by atoms with Crippen LogP contribution in [0, 0.1) is 10.1 Å². The third-order valence-corrected chi connectivity index (χ3v) is 1.76. The molecule has 0 radical (unpaired) electrons. The summed E-state index contributed by atoms with van der Waals surface area (Å²) in [6, 6.07) is 0. The zero-order valence-electron chi connectivity index (χ0n) is 8.84. The van der Waals surface area contributed by atoms with Gasteiger partial charge in [0, 0.05) is 18.7 Å². The second kappa shape index (κ2) is 5.05. The number of aromatic nitrogens is 3. The van der Waals surface area contributed by atoms with Crippen LogP contribution in [0.25, 0.3) is 0 Å². The predicted molar refractivity (Wildman–Crippen MR) is 52.8 cm³/mol. The smallest absolute Gasteiger partial charge is 0.469 e. The van der Waals surface area contributed by atoms with E-state index < -0.39 is 10.9 Å². The molecule has 1 rings (SSSR count). The summed E-state index contributed by atoms with van der Waals surface area (Å²) in [5.74, 6) is -0.622. The van der Waals surface area contributed by atoms with Crippen molar-refractivity contribution in [3.63, 3.8) is 0 Å². The fraction of sp³-hybridized carbons (Fsp3) is 0.571. The number of nitro groups is 1. The summed E-state index contributed by atoms with van der Waals surface area (Å²) >= 11 is 0. The molecule has 1 heterocycles. The van der Waals surface area contributed by atoms with Gasteiger partial charge in [-0.1, -0.05) is 0 Å². The maximum atomic E-state index is 10.8. The molecule has 1 aromatic rings. The monoisotopic (exact) mass is 229 g/mol. The van der Waals surface area contributed by atoms with Crippen molar-refractivity contribution in [3.8, 4) is 0 Å². The van der Waals surface area contributed by atoms with Gasteiger partial charge in [-0.2, -0.15) is 4.68 Å². The number of hydrogen-bond donors (Lipinski definition) is 1. The van der Waals surface area contributed by atoms with E-state index in [0.717, 1.165) is 0 Å². The lowest BCUT2D eigenvalue weighted by Crippen LogP contribution is -2.12. The fourth-order valence-corrected chi connectivity index (χ4v) is 0.981. The molecule has 1 N–H and O–H groups in total. The Hall–Kier alpha value is -2.19. The minimum absolute atomic E-state index is 0.150. The molecule has 0 bridgehead atoms.